The van der Waals surface area contributed by atoms with Crippen LogP contribution in [0.3, 0.4) is 0 Å². The number of amides is 2. The lowest BCUT2D eigenvalue weighted by Gasteiger charge is -2.22. The van der Waals surface area contributed by atoms with Crippen molar-refractivity contribution in [1.82, 2.24) is 9.80 Å². The van der Waals surface area contributed by atoms with Crippen molar-refractivity contribution in [2.75, 3.05) is 32.7 Å². The number of benzene rings is 1. The Kier molecular flexibility index (Phi) is 5.36. The third-order valence-corrected chi connectivity index (χ3v) is 4.61. The predicted molar refractivity (Wildman–Crippen MR) is 85.0 cm³/mol. The van der Waals surface area contributed by atoms with Gasteiger partial charge in [-0.05, 0) is 31.0 Å². The van der Waals surface area contributed by atoms with Gasteiger partial charge >= 0.3 is 0 Å². The van der Waals surface area contributed by atoms with E-state index in [0.29, 0.717) is 19.6 Å². The Morgan fingerprint density at radius 3 is 2.71 bits per heavy atom. The van der Waals surface area contributed by atoms with Crippen molar-refractivity contribution >= 4 is 27.7 Å². The van der Waals surface area contributed by atoms with Crippen molar-refractivity contribution in [3.05, 3.63) is 33.8 Å². The molecular formula is C15H20BrN3O2. The summed E-state index contributed by atoms with van der Waals surface area (Å²) in [5.41, 5.74) is 6.92. The molecule has 2 amide bonds. The van der Waals surface area contributed by atoms with Crippen molar-refractivity contribution in [2.24, 2.45) is 5.73 Å². The molecule has 1 fully saturated rings. The van der Waals surface area contributed by atoms with E-state index in [1.165, 1.54) is 0 Å². The zero-order valence-electron chi connectivity index (χ0n) is 12.1. The van der Waals surface area contributed by atoms with Gasteiger partial charge < -0.3 is 10.6 Å². The molecule has 0 bridgehead atoms. The summed E-state index contributed by atoms with van der Waals surface area (Å²) in [4.78, 5) is 27.5. The third-order valence-electron chi connectivity index (χ3n) is 3.75. The van der Waals surface area contributed by atoms with E-state index in [-0.39, 0.29) is 18.4 Å². The maximum absolute atomic E-state index is 12.6. The van der Waals surface area contributed by atoms with Gasteiger partial charge in [0, 0.05) is 36.2 Å². The van der Waals surface area contributed by atoms with E-state index in [0.717, 1.165) is 28.6 Å². The van der Waals surface area contributed by atoms with E-state index in [4.69, 9.17) is 5.73 Å². The van der Waals surface area contributed by atoms with E-state index >= 15 is 0 Å². The zero-order chi connectivity index (χ0) is 15.4. The number of hydrogen-bond acceptors (Lipinski definition) is 3. The third kappa shape index (κ3) is 4.04. The highest BCUT2D eigenvalue weighted by Crippen LogP contribution is 2.21. The minimum atomic E-state index is -0.322. The van der Waals surface area contributed by atoms with Crippen LogP contribution in [0.25, 0.3) is 0 Å². The number of nitrogens with two attached hydrogens (primary N) is 1. The topological polar surface area (TPSA) is 66.6 Å². The van der Waals surface area contributed by atoms with E-state index in [9.17, 15) is 9.59 Å². The highest BCUT2D eigenvalue weighted by Gasteiger charge is 2.22. The van der Waals surface area contributed by atoms with Crippen molar-refractivity contribution in [3.8, 4) is 0 Å². The fraction of sp³-hybridized carbons (Fsp3) is 0.467. The molecule has 0 aliphatic carbocycles. The lowest BCUT2D eigenvalue weighted by atomic mass is 10.1. The first-order valence-electron chi connectivity index (χ1n) is 7.04. The Bertz CT molecular complexity index is 548. The van der Waals surface area contributed by atoms with Gasteiger partial charge in [0.2, 0.25) is 5.91 Å². The zero-order valence-corrected chi connectivity index (χ0v) is 13.7. The van der Waals surface area contributed by atoms with Gasteiger partial charge in [-0.1, -0.05) is 22.0 Å². The number of hydrogen-bond donors (Lipinski definition) is 1. The van der Waals surface area contributed by atoms with Crippen LogP contribution in [0.4, 0.5) is 0 Å². The molecule has 6 heteroatoms. The molecule has 2 N–H and O–H groups in total. The molecule has 114 valence electrons. The summed E-state index contributed by atoms with van der Waals surface area (Å²) in [5.74, 6) is -0.271. The molecule has 21 heavy (non-hydrogen) atoms. The van der Waals surface area contributed by atoms with Crippen LogP contribution in [0.1, 0.15) is 22.3 Å². The molecule has 0 radical (unpaired) electrons. The minimum Gasteiger partial charge on any atom is -0.369 e. The summed E-state index contributed by atoms with van der Waals surface area (Å²) < 4.78 is 0.943. The number of halogens is 1. The molecule has 1 aromatic carbocycles. The number of carbonyl (C=O) groups excluding carboxylic acids is 2. The van der Waals surface area contributed by atoms with Crippen LogP contribution in [0.5, 0.6) is 0 Å². The summed E-state index contributed by atoms with van der Waals surface area (Å²) in [6.45, 7) is 5.01. The maximum Gasteiger partial charge on any atom is 0.254 e. The number of carbonyl (C=O) groups is 2. The molecule has 0 aromatic heterocycles. The predicted octanol–water partition coefficient (Wildman–Crippen LogP) is 1.39. The smallest absolute Gasteiger partial charge is 0.254 e. The average Bonchev–Trinajstić information content (AvgIpc) is 2.66. The highest BCUT2D eigenvalue weighted by atomic mass is 79.9. The summed E-state index contributed by atoms with van der Waals surface area (Å²) in [5, 5.41) is 0. The molecular weight excluding hydrogens is 334 g/mol. The Morgan fingerprint density at radius 2 is 2.00 bits per heavy atom. The van der Waals surface area contributed by atoms with Crippen LogP contribution in [0.15, 0.2) is 22.7 Å². The van der Waals surface area contributed by atoms with E-state index in [2.05, 4.69) is 15.9 Å². The van der Waals surface area contributed by atoms with Crippen molar-refractivity contribution in [1.29, 1.82) is 0 Å². The number of nitrogens with zero attached hydrogens (tertiary/aromatic N) is 2. The molecule has 0 atom stereocenters. The first-order chi connectivity index (χ1) is 9.99. The van der Waals surface area contributed by atoms with Gasteiger partial charge in [0.1, 0.15) is 0 Å². The van der Waals surface area contributed by atoms with Crippen LogP contribution in [-0.2, 0) is 4.79 Å². The summed E-state index contributed by atoms with van der Waals surface area (Å²) in [7, 11) is 0. The second-order valence-electron chi connectivity index (χ2n) is 5.30. The molecule has 0 spiro atoms. The lowest BCUT2D eigenvalue weighted by Crippen LogP contribution is -2.38. The van der Waals surface area contributed by atoms with Gasteiger partial charge in [-0.15, -0.1) is 0 Å². The first-order valence-corrected chi connectivity index (χ1v) is 7.83. The van der Waals surface area contributed by atoms with E-state index < -0.39 is 0 Å². The van der Waals surface area contributed by atoms with E-state index in [1.807, 2.05) is 34.9 Å². The maximum atomic E-state index is 12.6. The Morgan fingerprint density at radius 1 is 1.24 bits per heavy atom. The van der Waals surface area contributed by atoms with Crippen molar-refractivity contribution in [2.45, 2.75) is 13.3 Å². The molecule has 1 heterocycles. The minimum absolute atomic E-state index is 0.0507. The second kappa shape index (κ2) is 7.04. The molecule has 2 rings (SSSR count). The van der Waals surface area contributed by atoms with Gasteiger partial charge in [0.05, 0.1) is 6.54 Å². The standard InChI is InChI=1S/C15H20BrN3O2/c1-11-12(4-2-5-13(11)16)15(21)19-7-3-6-18(8-9-19)10-14(17)20/h2,4-5H,3,6-10H2,1H3,(H2,17,20). The van der Waals surface area contributed by atoms with E-state index in [1.54, 1.807) is 0 Å². The summed E-state index contributed by atoms with van der Waals surface area (Å²) in [6.07, 6.45) is 0.853. The fourth-order valence-electron chi connectivity index (χ4n) is 2.56. The van der Waals surface area contributed by atoms with Crippen LogP contribution in [0, 0.1) is 6.92 Å². The monoisotopic (exact) mass is 353 g/mol. The van der Waals surface area contributed by atoms with Crippen LogP contribution in [-0.4, -0.2) is 54.3 Å². The number of primary amides is 1. The molecule has 5 nitrogen and oxygen atoms in total. The van der Waals surface area contributed by atoms with Gasteiger partial charge in [0.15, 0.2) is 0 Å². The largest absolute Gasteiger partial charge is 0.369 e. The molecule has 0 unspecified atom stereocenters. The first kappa shape index (κ1) is 16.0. The van der Waals surface area contributed by atoms with Gasteiger partial charge in [0.25, 0.3) is 5.91 Å². The lowest BCUT2D eigenvalue weighted by molar-refractivity contribution is -0.119. The quantitative estimate of drug-likeness (QED) is 0.892. The average molecular weight is 354 g/mol. The normalized spacial score (nSPS) is 16.6. The fourth-order valence-corrected chi connectivity index (χ4v) is 2.93. The molecule has 1 aromatic rings. The van der Waals surface area contributed by atoms with Gasteiger partial charge in [-0.3, -0.25) is 14.5 Å². The summed E-state index contributed by atoms with van der Waals surface area (Å²) in [6, 6.07) is 5.67. The second-order valence-corrected chi connectivity index (χ2v) is 6.15. The highest BCUT2D eigenvalue weighted by molar-refractivity contribution is 9.10. The van der Waals surface area contributed by atoms with Crippen LogP contribution >= 0.6 is 15.9 Å². The van der Waals surface area contributed by atoms with Crippen molar-refractivity contribution in [3.63, 3.8) is 0 Å². The molecule has 1 aliphatic heterocycles. The Hall–Kier alpha value is -1.40. The van der Waals surface area contributed by atoms with Crippen LogP contribution < -0.4 is 5.73 Å². The van der Waals surface area contributed by atoms with Crippen LogP contribution in [0.2, 0.25) is 0 Å². The SMILES string of the molecule is Cc1c(Br)cccc1C(=O)N1CCCN(CC(N)=O)CC1. The molecule has 0 saturated carbocycles. The Labute approximate surface area is 133 Å². The number of rotatable bonds is 3. The van der Waals surface area contributed by atoms with Crippen molar-refractivity contribution < 1.29 is 9.59 Å². The summed E-state index contributed by atoms with van der Waals surface area (Å²) >= 11 is 3.46. The van der Waals surface area contributed by atoms with Gasteiger partial charge in [-0.2, -0.15) is 0 Å². The van der Waals surface area contributed by atoms with Gasteiger partial charge in [-0.25, -0.2) is 0 Å². The molecule has 1 aliphatic rings. The molecule has 1 saturated heterocycles. The Balaban J connectivity index is 2.06.